The molecular weight excluding hydrogens is 289 g/mol. The van der Waals surface area contributed by atoms with E-state index in [9.17, 15) is 19.1 Å². The lowest BCUT2D eigenvalue weighted by atomic mass is 9.89. The third kappa shape index (κ3) is 3.55. The normalized spacial score (nSPS) is 21.7. The van der Waals surface area contributed by atoms with Crippen molar-refractivity contribution in [2.75, 3.05) is 13.1 Å². The molecule has 2 rings (SSSR count). The van der Waals surface area contributed by atoms with E-state index in [1.165, 1.54) is 11.0 Å². The Balaban J connectivity index is 2.22. The summed E-state index contributed by atoms with van der Waals surface area (Å²) in [6.45, 7) is 5.37. The van der Waals surface area contributed by atoms with Crippen LogP contribution in [0.25, 0.3) is 0 Å². The molecular formula is C16H20FNO4. The Morgan fingerprint density at radius 3 is 2.45 bits per heavy atom. The highest BCUT2D eigenvalue weighted by Crippen LogP contribution is 2.34. The Bertz CT molecular complexity index is 582. The number of ether oxygens (including phenoxy) is 1. The number of halogens is 1. The van der Waals surface area contributed by atoms with Gasteiger partial charge in [-0.3, -0.25) is 4.79 Å². The zero-order valence-corrected chi connectivity index (χ0v) is 12.9. The SMILES string of the molecule is CC(C)(C)OC(=O)N1C[C@H](C(=O)O)[C@H](c2ccccc2F)C1. The largest absolute Gasteiger partial charge is 0.481 e. The number of amides is 1. The van der Waals surface area contributed by atoms with Gasteiger partial charge in [-0.05, 0) is 32.4 Å². The van der Waals surface area contributed by atoms with Gasteiger partial charge in [0, 0.05) is 19.0 Å². The van der Waals surface area contributed by atoms with E-state index >= 15 is 0 Å². The molecule has 0 radical (unpaired) electrons. The van der Waals surface area contributed by atoms with Crippen LogP contribution in [-0.4, -0.2) is 40.8 Å². The van der Waals surface area contributed by atoms with Gasteiger partial charge in [-0.15, -0.1) is 0 Å². The van der Waals surface area contributed by atoms with Crippen LogP contribution in [0.5, 0.6) is 0 Å². The molecule has 2 atom stereocenters. The predicted molar refractivity (Wildman–Crippen MR) is 78.1 cm³/mol. The quantitative estimate of drug-likeness (QED) is 0.912. The van der Waals surface area contributed by atoms with Crippen molar-refractivity contribution in [2.24, 2.45) is 5.92 Å². The van der Waals surface area contributed by atoms with Gasteiger partial charge in [0.05, 0.1) is 5.92 Å². The smallest absolute Gasteiger partial charge is 0.410 e. The van der Waals surface area contributed by atoms with Gasteiger partial charge < -0.3 is 14.7 Å². The van der Waals surface area contributed by atoms with E-state index in [1.807, 2.05) is 0 Å². The number of nitrogens with zero attached hydrogens (tertiary/aromatic N) is 1. The number of benzene rings is 1. The summed E-state index contributed by atoms with van der Waals surface area (Å²) < 4.78 is 19.2. The standard InChI is InChI=1S/C16H20FNO4/c1-16(2,3)22-15(21)18-8-11(12(9-18)14(19)20)10-6-4-5-7-13(10)17/h4-7,11-12H,8-9H2,1-3H3,(H,19,20)/t11-,12-/m0/s1. The van der Waals surface area contributed by atoms with Crippen molar-refractivity contribution in [3.05, 3.63) is 35.6 Å². The predicted octanol–water partition coefficient (Wildman–Crippen LogP) is 2.86. The maximum absolute atomic E-state index is 13.9. The fourth-order valence-corrected chi connectivity index (χ4v) is 2.62. The van der Waals surface area contributed by atoms with E-state index < -0.39 is 35.3 Å². The number of rotatable bonds is 2. The second kappa shape index (κ2) is 5.94. The van der Waals surface area contributed by atoms with Gasteiger partial charge in [0.25, 0.3) is 0 Å². The summed E-state index contributed by atoms with van der Waals surface area (Å²) in [5.74, 6) is -2.92. The third-order valence-corrected chi connectivity index (χ3v) is 3.59. The number of carboxylic acids is 1. The highest BCUT2D eigenvalue weighted by molar-refractivity contribution is 5.76. The highest BCUT2D eigenvalue weighted by Gasteiger charge is 2.42. The Labute approximate surface area is 128 Å². The summed E-state index contributed by atoms with van der Waals surface area (Å²) in [6.07, 6.45) is -0.572. The average molecular weight is 309 g/mol. The van der Waals surface area contributed by atoms with Gasteiger partial charge in [0.2, 0.25) is 0 Å². The van der Waals surface area contributed by atoms with E-state index in [0.717, 1.165) is 0 Å². The minimum absolute atomic E-state index is 0.0171. The molecule has 0 aliphatic carbocycles. The van der Waals surface area contributed by atoms with Crippen molar-refractivity contribution in [3.8, 4) is 0 Å². The number of aliphatic carboxylic acids is 1. The first-order valence-electron chi connectivity index (χ1n) is 7.14. The van der Waals surface area contributed by atoms with E-state index in [-0.39, 0.29) is 13.1 Å². The minimum atomic E-state index is -1.04. The summed E-state index contributed by atoms with van der Waals surface area (Å²) in [6, 6.07) is 6.07. The van der Waals surface area contributed by atoms with Crippen LogP contribution < -0.4 is 0 Å². The van der Waals surface area contributed by atoms with Crippen molar-refractivity contribution < 1.29 is 23.8 Å². The van der Waals surface area contributed by atoms with E-state index in [0.29, 0.717) is 5.56 Å². The topological polar surface area (TPSA) is 66.8 Å². The zero-order chi connectivity index (χ0) is 16.5. The molecule has 0 saturated carbocycles. The molecule has 1 amide bonds. The number of likely N-dealkylation sites (tertiary alicyclic amines) is 1. The Kier molecular flexibility index (Phi) is 4.39. The fourth-order valence-electron chi connectivity index (χ4n) is 2.62. The molecule has 0 unspecified atom stereocenters. The second-order valence-electron chi connectivity index (χ2n) is 6.46. The Morgan fingerprint density at radius 1 is 1.27 bits per heavy atom. The molecule has 6 heteroatoms. The maximum atomic E-state index is 13.9. The lowest BCUT2D eigenvalue weighted by Gasteiger charge is -2.24. The summed E-state index contributed by atoms with van der Waals surface area (Å²) in [5, 5.41) is 9.37. The molecule has 1 aliphatic heterocycles. The monoisotopic (exact) mass is 309 g/mol. The molecule has 1 aromatic carbocycles. The molecule has 1 aliphatic rings. The van der Waals surface area contributed by atoms with Gasteiger partial charge in [0.15, 0.2) is 0 Å². The van der Waals surface area contributed by atoms with Crippen LogP contribution in [0.15, 0.2) is 24.3 Å². The lowest BCUT2D eigenvalue weighted by molar-refractivity contribution is -0.141. The number of carboxylic acid groups (broad SMARTS) is 1. The number of hydrogen-bond donors (Lipinski definition) is 1. The molecule has 0 spiro atoms. The Hall–Kier alpha value is -2.11. The van der Waals surface area contributed by atoms with Crippen molar-refractivity contribution in [1.82, 2.24) is 4.90 Å². The van der Waals surface area contributed by atoms with Crippen molar-refractivity contribution >= 4 is 12.1 Å². The van der Waals surface area contributed by atoms with Gasteiger partial charge in [0.1, 0.15) is 11.4 Å². The fraction of sp³-hybridized carbons (Fsp3) is 0.500. The number of carbonyl (C=O) groups is 2. The first kappa shape index (κ1) is 16.3. The lowest BCUT2D eigenvalue weighted by Crippen LogP contribution is -2.35. The molecule has 1 saturated heterocycles. The molecule has 1 heterocycles. The highest BCUT2D eigenvalue weighted by atomic mass is 19.1. The van der Waals surface area contributed by atoms with Crippen molar-refractivity contribution in [1.29, 1.82) is 0 Å². The molecule has 1 fully saturated rings. The number of hydrogen-bond acceptors (Lipinski definition) is 3. The van der Waals surface area contributed by atoms with Crippen molar-refractivity contribution in [2.45, 2.75) is 32.3 Å². The molecule has 1 aromatic rings. The maximum Gasteiger partial charge on any atom is 0.410 e. The third-order valence-electron chi connectivity index (χ3n) is 3.59. The van der Waals surface area contributed by atoms with Crippen LogP contribution in [0.2, 0.25) is 0 Å². The van der Waals surface area contributed by atoms with Crippen LogP contribution in [0, 0.1) is 11.7 Å². The van der Waals surface area contributed by atoms with Crippen LogP contribution in [0.1, 0.15) is 32.3 Å². The van der Waals surface area contributed by atoms with Crippen LogP contribution in [0.4, 0.5) is 9.18 Å². The average Bonchev–Trinajstić information content (AvgIpc) is 2.82. The van der Waals surface area contributed by atoms with Crippen LogP contribution in [0.3, 0.4) is 0 Å². The van der Waals surface area contributed by atoms with Gasteiger partial charge in [-0.25, -0.2) is 9.18 Å². The summed E-state index contributed by atoms with van der Waals surface area (Å²) >= 11 is 0. The van der Waals surface area contributed by atoms with Crippen LogP contribution in [-0.2, 0) is 9.53 Å². The van der Waals surface area contributed by atoms with Crippen LogP contribution >= 0.6 is 0 Å². The zero-order valence-electron chi connectivity index (χ0n) is 12.9. The molecule has 22 heavy (non-hydrogen) atoms. The van der Waals surface area contributed by atoms with E-state index in [4.69, 9.17) is 4.74 Å². The molecule has 120 valence electrons. The molecule has 0 bridgehead atoms. The Morgan fingerprint density at radius 2 is 1.91 bits per heavy atom. The first-order valence-corrected chi connectivity index (χ1v) is 7.14. The molecule has 1 N–H and O–H groups in total. The second-order valence-corrected chi connectivity index (χ2v) is 6.46. The van der Waals surface area contributed by atoms with Gasteiger partial charge in [-0.1, -0.05) is 18.2 Å². The number of carbonyl (C=O) groups excluding carboxylic acids is 1. The summed E-state index contributed by atoms with van der Waals surface area (Å²) in [7, 11) is 0. The summed E-state index contributed by atoms with van der Waals surface area (Å²) in [4.78, 5) is 24.9. The molecule has 0 aromatic heterocycles. The van der Waals surface area contributed by atoms with E-state index in [2.05, 4.69) is 0 Å². The minimum Gasteiger partial charge on any atom is -0.481 e. The van der Waals surface area contributed by atoms with E-state index in [1.54, 1.807) is 39.0 Å². The van der Waals surface area contributed by atoms with Crippen molar-refractivity contribution in [3.63, 3.8) is 0 Å². The van der Waals surface area contributed by atoms with Gasteiger partial charge >= 0.3 is 12.1 Å². The molecule has 5 nitrogen and oxygen atoms in total. The summed E-state index contributed by atoms with van der Waals surface area (Å²) in [5.41, 5.74) is -0.340. The first-order chi connectivity index (χ1) is 10.2. The van der Waals surface area contributed by atoms with Gasteiger partial charge in [-0.2, -0.15) is 0 Å².